The quantitative estimate of drug-likeness (QED) is 0.449. The molecule has 13 heavy (non-hydrogen) atoms. The first-order valence-electron chi connectivity index (χ1n) is 3.83. The summed E-state index contributed by atoms with van der Waals surface area (Å²) in [5, 5.41) is 0. The fraction of sp³-hybridized carbons (Fsp3) is 0.200. The number of pyridine rings is 1. The third kappa shape index (κ3) is 3.99. The van der Waals surface area contributed by atoms with Crippen molar-refractivity contribution in [2.24, 2.45) is 0 Å². The number of carbonyl (C=O) groups is 1. The van der Waals surface area contributed by atoms with Gasteiger partial charge >= 0.3 is 0 Å². The predicted octanol–water partition coefficient (Wildman–Crippen LogP) is -1.88. The van der Waals surface area contributed by atoms with Crippen molar-refractivity contribution in [2.75, 3.05) is 0 Å². The van der Waals surface area contributed by atoms with Crippen LogP contribution in [0, 0.1) is 0 Å². The minimum absolute atomic E-state index is 0. The molecular weight excluding hydrogens is 230 g/mol. The zero-order valence-electron chi connectivity index (χ0n) is 7.53. The van der Waals surface area contributed by atoms with Gasteiger partial charge in [0.05, 0.1) is 5.57 Å². The van der Waals surface area contributed by atoms with Crippen molar-refractivity contribution in [1.82, 2.24) is 0 Å². The third-order valence-corrected chi connectivity index (χ3v) is 1.65. The van der Waals surface area contributed by atoms with Crippen LogP contribution in [-0.4, -0.2) is 5.78 Å². The first-order valence-corrected chi connectivity index (χ1v) is 3.83. The summed E-state index contributed by atoms with van der Waals surface area (Å²) in [6.45, 7) is 5.79. The molecule has 0 atom stereocenters. The summed E-state index contributed by atoms with van der Waals surface area (Å²) in [6, 6.07) is 5.79. The van der Waals surface area contributed by atoms with Crippen LogP contribution in [0.2, 0.25) is 0 Å². The van der Waals surface area contributed by atoms with Gasteiger partial charge in [0, 0.05) is 12.1 Å². The maximum atomic E-state index is 10.8. The molecule has 0 aliphatic heterocycles. The van der Waals surface area contributed by atoms with E-state index < -0.39 is 0 Å². The monoisotopic (exact) mass is 241 g/mol. The smallest absolute Gasteiger partial charge is 0.176 e. The van der Waals surface area contributed by atoms with Gasteiger partial charge in [0.15, 0.2) is 24.7 Å². The lowest BCUT2D eigenvalue weighted by Gasteiger charge is -1.95. The molecule has 0 aliphatic carbocycles. The molecule has 3 heteroatoms. The molecule has 70 valence electrons. The Hall–Kier alpha value is -0.960. The van der Waals surface area contributed by atoms with E-state index in [0.717, 1.165) is 0 Å². The Labute approximate surface area is 88.7 Å². The lowest BCUT2D eigenvalue weighted by Crippen LogP contribution is -3.00. The fourth-order valence-corrected chi connectivity index (χ4v) is 0.871. The van der Waals surface area contributed by atoms with Gasteiger partial charge in [-0.15, -0.1) is 0 Å². The van der Waals surface area contributed by atoms with Crippen LogP contribution >= 0.6 is 0 Å². The molecule has 0 radical (unpaired) electrons. The van der Waals surface area contributed by atoms with Crippen LogP contribution < -0.4 is 21.5 Å². The topological polar surface area (TPSA) is 20.9 Å². The second-order valence-corrected chi connectivity index (χ2v) is 2.71. The van der Waals surface area contributed by atoms with Crippen LogP contribution in [-0.2, 0) is 11.3 Å². The molecule has 1 aromatic heterocycles. The van der Waals surface area contributed by atoms with E-state index in [2.05, 4.69) is 6.58 Å². The van der Waals surface area contributed by atoms with Crippen molar-refractivity contribution >= 4 is 5.78 Å². The van der Waals surface area contributed by atoms with E-state index >= 15 is 0 Å². The summed E-state index contributed by atoms with van der Waals surface area (Å²) in [6.07, 6.45) is 3.82. The molecule has 0 unspecified atom stereocenters. The number of ketones is 1. The number of hydrogen-bond donors (Lipinski definition) is 0. The van der Waals surface area contributed by atoms with Gasteiger partial charge < -0.3 is 17.0 Å². The maximum absolute atomic E-state index is 10.8. The SMILES string of the molecule is C=C(C[n+]1ccccc1)C(C)=O.[Br-]. The van der Waals surface area contributed by atoms with E-state index in [0.29, 0.717) is 12.1 Å². The molecule has 0 bridgehead atoms. The molecule has 0 spiro atoms. The van der Waals surface area contributed by atoms with Gasteiger partial charge in [-0.2, -0.15) is 0 Å². The van der Waals surface area contributed by atoms with Gasteiger partial charge in [-0.25, -0.2) is 4.57 Å². The lowest BCUT2D eigenvalue weighted by molar-refractivity contribution is -0.688. The maximum Gasteiger partial charge on any atom is 0.176 e. The fourth-order valence-electron chi connectivity index (χ4n) is 0.871. The normalized spacial score (nSPS) is 8.69. The molecule has 0 aliphatic rings. The van der Waals surface area contributed by atoms with Crippen molar-refractivity contribution in [3.05, 3.63) is 42.7 Å². The summed E-state index contributed by atoms with van der Waals surface area (Å²) in [5.74, 6) is 0.0475. The van der Waals surface area contributed by atoms with Crippen LogP contribution in [0.5, 0.6) is 0 Å². The van der Waals surface area contributed by atoms with Gasteiger partial charge in [-0.1, -0.05) is 12.6 Å². The van der Waals surface area contributed by atoms with Crippen LogP contribution in [0.3, 0.4) is 0 Å². The second kappa shape index (κ2) is 5.65. The summed E-state index contributed by atoms with van der Waals surface area (Å²) in [5.41, 5.74) is 0.631. The van der Waals surface area contributed by atoms with Crippen molar-refractivity contribution in [2.45, 2.75) is 13.5 Å². The molecule has 1 rings (SSSR count). The number of allylic oxidation sites excluding steroid dienone is 1. The molecule has 0 saturated heterocycles. The number of nitrogens with zero attached hydrogens (tertiary/aromatic N) is 1. The standard InChI is InChI=1S/C10H12NO.BrH/c1-9(10(2)12)8-11-6-4-3-5-7-11;/h3-7H,1,8H2,2H3;1H/q+1;/p-1. The van der Waals surface area contributed by atoms with Crippen LogP contribution in [0.4, 0.5) is 0 Å². The van der Waals surface area contributed by atoms with E-state index in [4.69, 9.17) is 0 Å². The molecule has 0 N–H and O–H groups in total. The highest BCUT2D eigenvalue weighted by Crippen LogP contribution is 1.91. The molecule has 0 amide bonds. The zero-order chi connectivity index (χ0) is 8.97. The molecule has 0 aromatic carbocycles. The second-order valence-electron chi connectivity index (χ2n) is 2.71. The van der Waals surface area contributed by atoms with Crippen molar-refractivity contribution in [3.63, 3.8) is 0 Å². The van der Waals surface area contributed by atoms with Gasteiger partial charge in [-0.3, -0.25) is 4.79 Å². The molecule has 0 saturated carbocycles. The van der Waals surface area contributed by atoms with Crippen molar-refractivity contribution in [1.29, 1.82) is 0 Å². The number of halogens is 1. The van der Waals surface area contributed by atoms with Gasteiger partial charge in [0.2, 0.25) is 0 Å². The van der Waals surface area contributed by atoms with Crippen LogP contribution in [0.1, 0.15) is 6.92 Å². The van der Waals surface area contributed by atoms with E-state index in [-0.39, 0.29) is 22.8 Å². The number of rotatable bonds is 3. The van der Waals surface area contributed by atoms with Gasteiger partial charge in [0.1, 0.15) is 0 Å². The number of Topliss-reactive ketones (excluding diaryl/α,β-unsaturated/α-hetero) is 1. The lowest BCUT2D eigenvalue weighted by atomic mass is 10.2. The largest absolute Gasteiger partial charge is 1.00 e. The third-order valence-electron chi connectivity index (χ3n) is 1.65. The van der Waals surface area contributed by atoms with E-state index in [9.17, 15) is 4.79 Å². The Kier molecular flexibility index (Phi) is 5.23. The highest BCUT2D eigenvalue weighted by molar-refractivity contribution is 5.92. The molecule has 1 aromatic rings. The van der Waals surface area contributed by atoms with Crippen molar-refractivity contribution < 1.29 is 26.3 Å². The van der Waals surface area contributed by atoms with Crippen LogP contribution in [0.15, 0.2) is 42.7 Å². The minimum Gasteiger partial charge on any atom is -1.00 e. The van der Waals surface area contributed by atoms with Crippen LogP contribution in [0.25, 0.3) is 0 Å². The molecule has 1 heterocycles. The Morgan fingerprint density at radius 3 is 2.31 bits per heavy atom. The highest BCUT2D eigenvalue weighted by Gasteiger charge is 2.05. The molecule has 2 nitrogen and oxygen atoms in total. The van der Waals surface area contributed by atoms with Gasteiger partial charge in [0.25, 0.3) is 0 Å². The van der Waals surface area contributed by atoms with E-state index in [1.165, 1.54) is 6.92 Å². The number of carbonyl (C=O) groups excluding carboxylic acids is 1. The predicted molar refractivity (Wildman–Crippen MR) is 46.5 cm³/mol. The van der Waals surface area contributed by atoms with Crippen molar-refractivity contribution in [3.8, 4) is 0 Å². The first-order chi connectivity index (χ1) is 5.70. The minimum atomic E-state index is 0. The molecule has 0 fully saturated rings. The Bertz CT molecular complexity index is 295. The number of hydrogen-bond acceptors (Lipinski definition) is 1. The average molecular weight is 242 g/mol. The average Bonchev–Trinajstić information content (AvgIpc) is 2.06. The van der Waals surface area contributed by atoms with E-state index in [1.807, 2.05) is 35.2 Å². The van der Waals surface area contributed by atoms with Gasteiger partial charge in [-0.05, 0) is 6.92 Å². The summed E-state index contributed by atoms with van der Waals surface area (Å²) in [7, 11) is 0. The summed E-state index contributed by atoms with van der Waals surface area (Å²) in [4.78, 5) is 10.8. The zero-order valence-corrected chi connectivity index (χ0v) is 9.12. The van der Waals surface area contributed by atoms with E-state index in [1.54, 1.807) is 0 Å². The summed E-state index contributed by atoms with van der Waals surface area (Å²) >= 11 is 0. The Morgan fingerprint density at radius 1 is 1.31 bits per heavy atom. The summed E-state index contributed by atoms with van der Waals surface area (Å²) < 4.78 is 1.92. The number of aromatic nitrogens is 1. The first kappa shape index (κ1) is 12.0. The Morgan fingerprint density at radius 2 is 1.85 bits per heavy atom. The highest BCUT2D eigenvalue weighted by atomic mass is 79.9. The molecular formula is C10H12BrNO. The Balaban J connectivity index is 0.00000144.